The van der Waals surface area contributed by atoms with Crippen molar-refractivity contribution in [3.63, 3.8) is 0 Å². The Bertz CT molecular complexity index is 604. The molecule has 19 heavy (non-hydrogen) atoms. The van der Waals surface area contributed by atoms with Crippen molar-refractivity contribution in [3.8, 4) is 0 Å². The molecule has 1 aliphatic heterocycles. The summed E-state index contributed by atoms with van der Waals surface area (Å²) in [6.07, 6.45) is 4.92. The summed E-state index contributed by atoms with van der Waals surface area (Å²) in [5.74, 6) is 0.147. The summed E-state index contributed by atoms with van der Waals surface area (Å²) in [5, 5.41) is 0. The fraction of sp³-hybridized carbons (Fsp3) is 0.467. The molecule has 2 heterocycles. The van der Waals surface area contributed by atoms with Crippen molar-refractivity contribution in [1.29, 1.82) is 0 Å². The molecule has 1 N–H and O–H groups in total. The van der Waals surface area contributed by atoms with Gasteiger partial charge in [0.2, 0.25) is 0 Å². The SMILES string of the molecule is CCC1CCC(C)N1C(=O)c1ccc2nc[nH]c2c1. The third kappa shape index (κ3) is 2.01. The lowest BCUT2D eigenvalue weighted by Gasteiger charge is -2.28. The number of rotatable bonds is 2. The molecule has 0 saturated carbocycles. The van der Waals surface area contributed by atoms with Gasteiger partial charge in [0.25, 0.3) is 5.91 Å². The highest BCUT2D eigenvalue weighted by atomic mass is 16.2. The Morgan fingerprint density at radius 1 is 1.47 bits per heavy atom. The molecular formula is C15H19N3O. The van der Waals surface area contributed by atoms with Crippen LogP contribution in [0.15, 0.2) is 24.5 Å². The van der Waals surface area contributed by atoms with E-state index in [4.69, 9.17) is 0 Å². The van der Waals surface area contributed by atoms with Crippen molar-refractivity contribution >= 4 is 16.9 Å². The van der Waals surface area contributed by atoms with E-state index in [1.165, 1.54) is 0 Å². The average molecular weight is 257 g/mol. The van der Waals surface area contributed by atoms with E-state index >= 15 is 0 Å². The van der Waals surface area contributed by atoms with E-state index in [1.54, 1.807) is 6.33 Å². The molecule has 1 amide bonds. The second-order valence-corrected chi connectivity index (χ2v) is 5.34. The van der Waals surface area contributed by atoms with Crippen molar-refractivity contribution in [3.05, 3.63) is 30.1 Å². The lowest BCUT2D eigenvalue weighted by atomic mass is 10.1. The van der Waals surface area contributed by atoms with Gasteiger partial charge in [0.05, 0.1) is 17.4 Å². The maximum Gasteiger partial charge on any atom is 0.254 e. The van der Waals surface area contributed by atoms with Gasteiger partial charge < -0.3 is 9.88 Å². The molecule has 3 rings (SSSR count). The molecule has 4 heteroatoms. The van der Waals surface area contributed by atoms with E-state index < -0.39 is 0 Å². The van der Waals surface area contributed by atoms with Gasteiger partial charge in [0.15, 0.2) is 0 Å². The number of imidazole rings is 1. The number of carbonyl (C=O) groups is 1. The van der Waals surface area contributed by atoms with E-state index in [9.17, 15) is 4.79 Å². The molecule has 0 aliphatic carbocycles. The second-order valence-electron chi connectivity index (χ2n) is 5.34. The number of likely N-dealkylation sites (tertiary alicyclic amines) is 1. The monoisotopic (exact) mass is 257 g/mol. The van der Waals surface area contributed by atoms with Crippen LogP contribution in [0.1, 0.15) is 43.5 Å². The van der Waals surface area contributed by atoms with Crippen LogP contribution < -0.4 is 0 Å². The number of benzene rings is 1. The number of amides is 1. The molecule has 1 saturated heterocycles. The van der Waals surface area contributed by atoms with Crippen LogP contribution in [-0.4, -0.2) is 32.9 Å². The number of nitrogens with one attached hydrogen (secondary N) is 1. The number of nitrogens with zero attached hydrogens (tertiary/aromatic N) is 2. The number of hydrogen-bond donors (Lipinski definition) is 1. The molecule has 2 aromatic rings. The number of carbonyl (C=O) groups excluding carboxylic acids is 1. The van der Waals surface area contributed by atoms with Crippen molar-refractivity contribution in [2.24, 2.45) is 0 Å². The predicted molar refractivity (Wildman–Crippen MR) is 75.0 cm³/mol. The summed E-state index contributed by atoms with van der Waals surface area (Å²) in [7, 11) is 0. The zero-order valence-electron chi connectivity index (χ0n) is 11.4. The molecule has 2 unspecified atom stereocenters. The Labute approximate surface area is 112 Å². The smallest absolute Gasteiger partial charge is 0.254 e. The summed E-state index contributed by atoms with van der Waals surface area (Å²) < 4.78 is 0. The van der Waals surface area contributed by atoms with Gasteiger partial charge in [-0.1, -0.05) is 6.92 Å². The maximum absolute atomic E-state index is 12.7. The lowest BCUT2D eigenvalue weighted by Crippen LogP contribution is -2.39. The van der Waals surface area contributed by atoms with Gasteiger partial charge in [-0.05, 0) is 44.4 Å². The third-order valence-electron chi connectivity index (χ3n) is 4.16. The first-order valence-electron chi connectivity index (χ1n) is 6.96. The molecule has 1 aliphatic rings. The van der Waals surface area contributed by atoms with Crippen molar-refractivity contribution in [2.75, 3.05) is 0 Å². The molecule has 2 atom stereocenters. The van der Waals surface area contributed by atoms with E-state index in [2.05, 4.69) is 28.7 Å². The molecule has 4 nitrogen and oxygen atoms in total. The number of fused-ring (bicyclic) bond motifs is 1. The van der Waals surface area contributed by atoms with E-state index in [0.29, 0.717) is 12.1 Å². The first-order chi connectivity index (χ1) is 9.20. The van der Waals surface area contributed by atoms with Crippen LogP contribution in [0.25, 0.3) is 11.0 Å². The third-order valence-corrected chi connectivity index (χ3v) is 4.16. The first kappa shape index (κ1) is 12.2. The minimum atomic E-state index is 0.147. The largest absolute Gasteiger partial charge is 0.345 e. The van der Waals surface area contributed by atoms with Gasteiger partial charge in [0.1, 0.15) is 0 Å². The highest BCUT2D eigenvalue weighted by Crippen LogP contribution is 2.28. The highest BCUT2D eigenvalue weighted by molar-refractivity contribution is 5.97. The topological polar surface area (TPSA) is 49.0 Å². The number of aromatic nitrogens is 2. The summed E-state index contributed by atoms with van der Waals surface area (Å²) >= 11 is 0. The van der Waals surface area contributed by atoms with Crippen LogP contribution in [0.5, 0.6) is 0 Å². The molecular weight excluding hydrogens is 238 g/mol. The quantitative estimate of drug-likeness (QED) is 0.899. The highest BCUT2D eigenvalue weighted by Gasteiger charge is 2.33. The number of hydrogen-bond acceptors (Lipinski definition) is 2. The molecule has 100 valence electrons. The minimum absolute atomic E-state index is 0.147. The summed E-state index contributed by atoms with van der Waals surface area (Å²) in [5.41, 5.74) is 2.58. The van der Waals surface area contributed by atoms with E-state index in [1.807, 2.05) is 18.2 Å². The predicted octanol–water partition coefficient (Wildman–Crippen LogP) is 2.97. The Morgan fingerprint density at radius 2 is 2.32 bits per heavy atom. The van der Waals surface area contributed by atoms with E-state index in [0.717, 1.165) is 35.9 Å². The van der Waals surface area contributed by atoms with E-state index in [-0.39, 0.29) is 5.91 Å². The fourth-order valence-corrected chi connectivity index (χ4v) is 3.06. The number of H-pyrrole nitrogens is 1. The Morgan fingerprint density at radius 3 is 3.11 bits per heavy atom. The van der Waals surface area contributed by atoms with Crippen molar-refractivity contribution in [1.82, 2.24) is 14.9 Å². The maximum atomic E-state index is 12.7. The molecule has 1 fully saturated rings. The fourth-order valence-electron chi connectivity index (χ4n) is 3.06. The minimum Gasteiger partial charge on any atom is -0.345 e. The normalized spacial score (nSPS) is 23.2. The van der Waals surface area contributed by atoms with Crippen LogP contribution in [0.4, 0.5) is 0 Å². The zero-order valence-corrected chi connectivity index (χ0v) is 11.4. The Kier molecular flexibility index (Phi) is 3.01. The molecule has 1 aromatic carbocycles. The van der Waals surface area contributed by atoms with Crippen LogP contribution in [0.2, 0.25) is 0 Å². The van der Waals surface area contributed by atoms with Crippen LogP contribution >= 0.6 is 0 Å². The van der Waals surface area contributed by atoms with Crippen molar-refractivity contribution in [2.45, 2.75) is 45.2 Å². The molecule has 0 spiro atoms. The average Bonchev–Trinajstić information content (AvgIpc) is 3.02. The standard InChI is InChI=1S/C15H19N3O/c1-3-12-6-4-10(2)18(12)15(19)11-5-7-13-14(8-11)17-9-16-13/h5,7-10,12H,3-4,6H2,1-2H3,(H,16,17). The summed E-state index contributed by atoms with van der Waals surface area (Å²) in [6, 6.07) is 6.42. The summed E-state index contributed by atoms with van der Waals surface area (Å²) in [6.45, 7) is 4.30. The molecule has 0 radical (unpaired) electrons. The Balaban J connectivity index is 1.93. The molecule has 0 bridgehead atoms. The van der Waals surface area contributed by atoms with Gasteiger partial charge in [-0.3, -0.25) is 4.79 Å². The van der Waals surface area contributed by atoms with Crippen molar-refractivity contribution < 1.29 is 4.79 Å². The van der Waals surface area contributed by atoms with Gasteiger partial charge in [0, 0.05) is 17.6 Å². The van der Waals surface area contributed by atoms with Gasteiger partial charge in [-0.2, -0.15) is 0 Å². The number of aromatic amines is 1. The summed E-state index contributed by atoms with van der Waals surface area (Å²) in [4.78, 5) is 22.0. The first-order valence-corrected chi connectivity index (χ1v) is 6.96. The Hall–Kier alpha value is -1.84. The van der Waals surface area contributed by atoms with Crippen LogP contribution in [0.3, 0.4) is 0 Å². The molecule has 1 aromatic heterocycles. The lowest BCUT2D eigenvalue weighted by molar-refractivity contribution is 0.0676. The zero-order chi connectivity index (χ0) is 13.4. The van der Waals surface area contributed by atoms with Gasteiger partial charge in [-0.25, -0.2) is 4.98 Å². The van der Waals surface area contributed by atoms with Gasteiger partial charge >= 0.3 is 0 Å². The van der Waals surface area contributed by atoms with Gasteiger partial charge in [-0.15, -0.1) is 0 Å². The second kappa shape index (κ2) is 4.68. The van der Waals surface area contributed by atoms with Crippen LogP contribution in [0, 0.1) is 0 Å². The van der Waals surface area contributed by atoms with Crippen LogP contribution in [-0.2, 0) is 0 Å².